The van der Waals surface area contributed by atoms with E-state index >= 15 is 0 Å². The molecule has 2 aromatic rings. The van der Waals surface area contributed by atoms with Crippen molar-refractivity contribution in [1.29, 1.82) is 0 Å². The van der Waals surface area contributed by atoms with Gasteiger partial charge in [-0.05, 0) is 26.0 Å². The van der Waals surface area contributed by atoms with Crippen LogP contribution in [0.1, 0.15) is 26.5 Å². The molecule has 0 saturated heterocycles. The zero-order chi connectivity index (χ0) is 19.6. The molecule has 3 rings (SSSR count). The quantitative estimate of drug-likeness (QED) is 0.779. The number of hydrogen-bond donors (Lipinski definition) is 2. The lowest BCUT2D eigenvalue weighted by molar-refractivity contribution is -0.115. The number of benzene rings is 1. The van der Waals surface area contributed by atoms with Gasteiger partial charge < -0.3 is 24.6 Å². The molecule has 2 N–H and O–H groups in total. The summed E-state index contributed by atoms with van der Waals surface area (Å²) in [5.74, 6) is 1.15. The maximum atomic E-state index is 12.2. The number of fused-ring (bicyclic) bond motifs is 1. The molecule has 0 saturated carbocycles. The van der Waals surface area contributed by atoms with Crippen LogP contribution >= 0.6 is 11.8 Å². The molecular weight excluding hydrogens is 370 g/mol. The second-order valence-electron chi connectivity index (χ2n) is 6.58. The van der Waals surface area contributed by atoms with Gasteiger partial charge in [0.05, 0.1) is 11.0 Å². The molecule has 1 aromatic heterocycles. The van der Waals surface area contributed by atoms with Crippen LogP contribution in [0.15, 0.2) is 28.8 Å². The third-order valence-corrected chi connectivity index (χ3v) is 4.79. The van der Waals surface area contributed by atoms with Crippen LogP contribution in [-0.4, -0.2) is 33.8 Å². The maximum absolute atomic E-state index is 12.2. The predicted molar refractivity (Wildman–Crippen MR) is 102 cm³/mol. The van der Waals surface area contributed by atoms with Crippen molar-refractivity contribution in [2.45, 2.75) is 38.7 Å². The summed E-state index contributed by atoms with van der Waals surface area (Å²) >= 11 is 1.22. The molecule has 1 aliphatic rings. The lowest BCUT2D eigenvalue weighted by Crippen LogP contribution is -2.29. The highest BCUT2D eigenvalue weighted by Crippen LogP contribution is 2.40. The van der Waals surface area contributed by atoms with Crippen molar-refractivity contribution in [3.8, 4) is 11.5 Å². The molecule has 0 radical (unpaired) electrons. The van der Waals surface area contributed by atoms with E-state index in [0.29, 0.717) is 28.8 Å². The van der Waals surface area contributed by atoms with Gasteiger partial charge in [-0.25, -0.2) is 0 Å². The molecule has 1 aromatic carbocycles. The predicted octanol–water partition coefficient (Wildman–Crippen LogP) is 3.19. The van der Waals surface area contributed by atoms with Gasteiger partial charge in [0.25, 0.3) is 0 Å². The summed E-state index contributed by atoms with van der Waals surface area (Å²) in [6.45, 7) is 7.09. The SMILES string of the molecule is Cc1cc(NC(=O)C(C)SCC(=O)Nc2ccc3c(c2)OC(C)(C)O3)no1. The van der Waals surface area contributed by atoms with Gasteiger partial charge in [0.1, 0.15) is 5.76 Å². The molecule has 8 nitrogen and oxygen atoms in total. The number of aryl methyl sites for hydroxylation is 1. The topological polar surface area (TPSA) is 103 Å². The van der Waals surface area contributed by atoms with Crippen molar-refractivity contribution in [2.24, 2.45) is 0 Å². The Bertz CT molecular complexity index is 864. The Kier molecular flexibility index (Phi) is 5.31. The zero-order valence-electron chi connectivity index (χ0n) is 15.5. The molecule has 1 unspecified atom stereocenters. The van der Waals surface area contributed by atoms with Gasteiger partial charge in [-0.1, -0.05) is 5.16 Å². The average Bonchev–Trinajstić information content (AvgIpc) is 3.12. The largest absolute Gasteiger partial charge is 0.449 e. The number of amides is 2. The minimum atomic E-state index is -0.716. The first-order chi connectivity index (χ1) is 12.7. The van der Waals surface area contributed by atoms with Gasteiger partial charge in [0.15, 0.2) is 17.3 Å². The third kappa shape index (κ3) is 4.94. The number of carbonyl (C=O) groups excluding carboxylic acids is 2. The van der Waals surface area contributed by atoms with Crippen LogP contribution in [0.5, 0.6) is 11.5 Å². The van der Waals surface area contributed by atoms with Gasteiger partial charge in [0.2, 0.25) is 17.6 Å². The molecule has 0 aliphatic carbocycles. The Morgan fingerprint density at radius 2 is 1.93 bits per heavy atom. The summed E-state index contributed by atoms with van der Waals surface area (Å²) < 4.78 is 16.2. The minimum Gasteiger partial charge on any atom is -0.449 e. The standard InChI is InChI=1S/C18H21N3O5S/c1-10-7-15(21-26-10)20-17(23)11(2)27-9-16(22)19-12-5-6-13-14(8-12)25-18(3,4)24-13/h5-8,11H,9H2,1-4H3,(H,19,22)(H,20,21,23). The second-order valence-corrected chi connectivity index (χ2v) is 7.91. The number of hydrogen-bond acceptors (Lipinski definition) is 7. The first-order valence-electron chi connectivity index (χ1n) is 8.39. The number of nitrogens with one attached hydrogen (secondary N) is 2. The second kappa shape index (κ2) is 7.51. The van der Waals surface area contributed by atoms with Gasteiger partial charge in [-0.3, -0.25) is 9.59 Å². The summed E-state index contributed by atoms with van der Waals surface area (Å²) in [5, 5.41) is 8.72. The molecule has 2 amide bonds. The van der Waals surface area contributed by atoms with Gasteiger partial charge in [0, 0.05) is 31.7 Å². The van der Waals surface area contributed by atoms with E-state index in [1.165, 1.54) is 11.8 Å². The molecule has 2 heterocycles. The summed E-state index contributed by atoms with van der Waals surface area (Å²) in [5.41, 5.74) is 0.607. The van der Waals surface area contributed by atoms with E-state index in [4.69, 9.17) is 14.0 Å². The molecule has 1 aliphatic heterocycles. The highest BCUT2D eigenvalue weighted by molar-refractivity contribution is 8.01. The van der Waals surface area contributed by atoms with Gasteiger partial charge >= 0.3 is 0 Å². The average molecular weight is 391 g/mol. The normalized spacial score (nSPS) is 15.3. The number of anilines is 2. The summed E-state index contributed by atoms with van der Waals surface area (Å²) in [6.07, 6.45) is 0. The van der Waals surface area contributed by atoms with E-state index in [9.17, 15) is 9.59 Å². The summed E-state index contributed by atoms with van der Waals surface area (Å²) in [6, 6.07) is 6.84. The van der Waals surface area contributed by atoms with Crippen LogP contribution in [0.25, 0.3) is 0 Å². The first kappa shape index (κ1) is 19.1. The Morgan fingerprint density at radius 3 is 2.63 bits per heavy atom. The molecule has 144 valence electrons. The van der Waals surface area contributed by atoms with Crippen molar-refractivity contribution < 1.29 is 23.6 Å². The highest BCUT2D eigenvalue weighted by atomic mass is 32.2. The van der Waals surface area contributed by atoms with E-state index in [1.54, 1.807) is 38.1 Å². The van der Waals surface area contributed by atoms with Gasteiger partial charge in [-0.15, -0.1) is 11.8 Å². The molecule has 9 heteroatoms. The van der Waals surface area contributed by atoms with Crippen molar-refractivity contribution in [3.05, 3.63) is 30.0 Å². The molecule has 1 atom stereocenters. The fraction of sp³-hybridized carbons (Fsp3) is 0.389. The minimum absolute atomic E-state index is 0.131. The van der Waals surface area contributed by atoms with E-state index in [1.807, 2.05) is 13.8 Å². The number of carbonyl (C=O) groups is 2. The molecular formula is C18H21N3O5S. The van der Waals surface area contributed by atoms with E-state index in [-0.39, 0.29) is 17.6 Å². The smallest absolute Gasteiger partial charge is 0.246 e. The van der Waals surface area contributed by atoms with Crippen LogP contribution in [0.2, 0.25) is 0 Å². The fourth-order valence-electron chi connectivity index (χ4n) is 2.43. The van der Waals surface area contributed by atoms with Crippen LogP contribution in [0.3, 0.4) is 0 Å². The number of aromatic nitrogens is 1. The van der Waals surface area contributed by atoms with E-state index < -0.39 is 11.0 Å². The monoisotopic (exact) mass is 391 g/mol. The van der Waals surface area contributed by atoms with Crippen molar-refractivity contribution in [2.75, 3.05) is 16.4 Å². The lowest BCUT2D eigenvalue weighted by atomic mass is 10.3. The van der Waals surface area contributed by atoms with Crippen LogP contribution < -0.4 is 20.1 Å². The Labute approximate surface area is 161 Å². The molecule has 0 spiro atoms. The number of nitrogens with zero attached hydrogens (tertiary/aromatic N) is 1. The van der Waals surface area contributed by atoms with Gasteiger partial charge in [-0.2, -0.15) is 0 Å². The lowest BCUT2D eigenvalue weighted by Gasteiger charge is -2.16. The third-order valence-electron chi connectivity index (χ3n) is 3.65. The number of rotatable bonds is 6. The summed E-state index contributed by atoms with van der Waals surface area (Å²) in [4.78, 5) is 24.3. The number of thioether (sulfide) groups is 1. The highest BCUT2D eigenvalue weighted by Gasteiger charge is 2.31. The zero-order valence-corrected chi connectivity index (χ0v) is 16.3. The molecule has 0 fully saturated rings. The van der Waals surface area contributed by atoms with Crippen molar-refractivity contribution >= 4 is 35.1 Å². The molecule has 0 bridgehead atoms. The summed E-state index contributed by atoms with van der Waals surface area (Å²) in [7, 11) is 0. The molecule has 27 heavy (non-hydrogen) atoms. The Balaban J connectivity index is 1.48. The number of ether oxygens (including phenoxy) is 2. The first-order valence-corrected chi connectivity index (χ1v) is 9.44. The van der Waals surface area contributed by atoms with Crippen LogP contribution in [-0.2, 0) is 9.59 Å². The van der Waals surface area contributed by atoms with Crippen LogP contribution in [0, 0.1) is 6.92 Å². The Hall–Kier alpha value is -2.68. The van der Waals surface area contributed by atoms with Crippen LogP contribution in [0.4, 0.5) is 11.5 Å². The van der Waals surface area contributed by atoms with Crippen molar-refractivity contribution in [1.82, 2.24) is 5.16 Å². The fourth-order valence-corrected chi connectivity index (χ4v) is 3.11. The van der Waals surface area contributed by atoms with E-state index in [2.05, 4.69) is 15.8 Å². The van der Waals surface area contributed by atoms with E-state index in [0.717, 1.165) is 0 Å². The van der Waals surface area contributed by atoms with Crippen molar-refractivity contribution in [3.63, 3.8) is 0 Å². The maximum Gasteiger partial charge on any atom is 0.246 e. The Morgan fingerprint density at radius 1 is 1.19 bits per heavy atom.